The molecule has 2 rings (SSSR count). The van der Waals surface area contributed by atoms with Gasteiger partial charge in [-0.3, -0.25) is 4.79 Å². The van der Waals surface area contributed by atoms with E-state index in [1.807, 2.05) is 57.2 Å². The third-order valence-corrected chi connectivity index (χ3v) is 4.36. The quantitative estimate of drug-likeness (QED) is 0.851. The summed E-state index contributed by atoms with van der Waals surface area (Å²) < 4.78 is 10.9. The molecule has 0 aromatic heterocycles. The molecule has 0 saturated heterocycles. The van der Waals surface area contributed by atoms with Crippen LogP contribution in [0.2, 0.25) is 5.02 Å². The average Bonchev–Trinajstić information content (AvgIpc) is 2.57. The normalized spacial score (nSPS) is 11.7. The molecule has 1 atom stereocenters. The van der Waals surface area contributed by atoms with Gasteiger partial charge in [-0.05, 0) is 50.1 Å². The number of para-hydroxylation sites is 1. The number of hydrogen-bond donors (Lipinski definition) is 1. The maximum absolute atomic E-state index is 12.1. The molecule has 2 aromatic rings. The number of amides is 1. The van der Waals surface area contributed by atoms with Crippen molar-refractivity contribution in [2.75, 3.05) is 13.7 Å². The molecular formula is C19H22ClNO3. The fourth-order valence-corrected chi connectivity index (χ4v) is 2.63. The van der Waals surface area contributed by atoms with E-state index in [9.17, 15) is 4.79 Å². The van der Waals surface area contributed by atoms with Gasteiger partial charge >= 0.3 is 0 Å². The number of benzene rings is 2. The summed E-state index contributed by atoms with van der Waals surface area (Å²) >= 11 is 6.13. The van der Waals surface area contributed by atoms with Gasteiger partial charge in [-0.25, -0.2) is 0 Å². The van der Waals surface area contributed by atoms with Crippen molar-refractivity contribution < 1.29 is 14.3 Å². The highest BCUT2D eigenvalue weighted by Crippen LogP contribution is 2.26. The van der Waals surface area contributed by atoms with Crippen molar-refractivity contribution in [1.82, 2.24) is 5.32 Å². The second-order valence-electron chi connectivity index (χ2n) is 5.69. The first-order chi connectivity index (χ1) is 11.4. The molecule has 0 unspecified atom stereocenters. The van der Waals surface area contributed by atoms with Crippen LogP contribution in [0.25, 0.3) is 0 Å². The average molecular weight is 348 g/mol. The Morgan fingerprint density at radius 1 is 1.21 bits per heavy atom. The summed E-state index contributed by atoms with van der Waals surface area (Å²) in [5.41, 5.74) is 2.77. The number of methoxy groups -OCH3 is 1. The fraction of sp³-hybridized carbons (Fsp3) is 0.316. The van der Waals surface area contributed by atoms with Gasteiger partial charge in [0, 0.05) is 10.6 Å². The highest BCUT2D eigenvalue weighted by atomic mass is 35.5. The van der Waals surface area contributed by atoms with Crippen molar-refractivity contribution in [2.45, 2.75) is 26.8 Å². The van der Waals surface area contributed by atoms with E-state index >= 15 is 0 Å². The zero-order chi connectivity index (χ0) is 17.7. The smallest absolute Gasteiger partial charge is 0.258 e. The van der Waals surface area contributed by atoms with Crippen LogP contribution in [0, 0.1) is 13.8 Å². The molecule has 2 aromatic carbocycles. The molecule has 0 spiro atoms. The van der Waals surface area contributed by atoms with Crippen LogP contribution >= 0.6 is 11.6 Å². The summed E-state index contributed by atoms with van der Waals surface area (Å²) in [6.45, 7) is 5.67. The van der Waals surface area contributed by atoms with Gasteiger partial charge in [0.2, 0.25) is 0 Å². The Morgan fingerprint density at radius 2 is 1.83 bits per heavy atom. The number of hydrogen-bond acceptors (Lipinski definition) is 3. The molecule has 0 aliphatic heterocycles. The number of nitrogens with one attached hydrogen (secondary N) is 1. The van der Waals surface area contributed by atoms with Crippen LogP contribution in [0.4, 0.5) is 0 Å². The summed E-state index contributed by atoms with van der Waals surface area (Å²) in [5.74, 6) is 1.18. The molecule has 128 valence electrons. The maximum Gasteiger partial charge on any atom is 0.258 e. The molecule has 0 saturated carbocycles. The van der Waals surface area contributed by atoms with E-state index < -0.39 is 0 Å². The van der Waals surface area contributed by atoms with Crippen LogP contribution < -0.4 is 14.8 Å². The first-order valence-corrected chi connectivity index (χ1v) is 8.12. The SMILES string of the molecule is COc1ccccc1[C@H](C)NC(=O)COc1cc(C)c(Cl)c(C)c1. The summed E-state index contributed by atoms with van der Waals surface area (Å²) in [6.07, 6.45) is 0. The number of carbonyl (C=O) groups excluding carboxylic acids is 1. The van der Waals surface area contributed by atoms with E-state index in [1.165, 1.54) is 0 Å². The molecule has 0 aliphatic carbocycles. The van der Waals surface area contributed by atoms with Gasteiger partial charge in [-0.15, -0.1) is 0 Å². The minimum atomic E-state index is -0.196. The number of carbonyl (C=O) groups is 1. The second-order valence-corrected chi connectivity index (χ2v) is 6.07. The van der Waals surface area contributed by atoms with E-state index in [2.05, 4.69) is 5.32 Å². The van der Waals surface area contributed by atoms with Crippen molar-refractivity contribution in [2.24, 2.45) is 0 Å². The van der Waals surface area contributed by atoms with Gasteiger partial charge in [0.1, 0.15) is 11.5 Å². The molecule has 4 nitrogen and oxygen atoms in total. The summed E-state index contributed by atoms with van der Waals surface area (Å²) in [7, 11) is 1.61. The Balaban J connectivity index is 1.96. The standard InChI is InChI=1S/C19H22ClNO3/c1-12-9-15(10-13(2)19(12)20)24-11-18(22)21-14(3)16-7-5-6-8-17(16)23-4/h5-10,14H,11H2,1-4H3,(H,21,22)/t14-/m0/s1. The van der Waals surface area contributed by atoms with Crippen LogP contribution in [0.1, 0.15) is 29.7 Å². The summed E-state index contributed by atoms with van der Waals surface area (Å²) in [5, 5.41) is 3.63. The van der Waals surface area contributed by atoms with Crippen LogP contribution in [-0.4, -0.2) is 19.6 Å². The third-order valence-electron chi connectivity index (χ3n) is 3.76. The van der Waals surface area contributed by atoms with E-state index in [-0.39, 0.29) is 18.6 Å². The lowest BCUT2D eigenvalue weighted by Gasteiger charge is -2.17. The number of aryl methyl sites for hydroxylation is 2. The molecule has 0 heterocycles. The van der Waals surface area contributed by atoms with Crippen LogP contribution in [0.15, 0.2) is 36.4 Å². The maximum atomic E-state index is 12.1. The highest BCUT2D eigenvalue weighted by molar-refractivity contribution is 6.32. The monoisotopic (exact) mass is 347 g/mol. The lowest BCUT2D eigenvalue weighted by Crippen LogP contribution is -2.31. The predicted molar refractivity (Wildman–Crippen MR) is 96.0 cm³/mol. The molecule has 0 fully saturated rings. The zero-order valence-electron chi connectivity index (χ0n) is 14.4. The Morgan fingerprint density at radius 3 is 2.46 bits per heavy atom. The van der Waals surface area contributed by atoms with Crippen molar-refractivity contribution >= 4 is 17.5 Å². The van der Waals surface area contributed by atoms with Crippen molar-refractivity contribution in [3.63, 3.8) is 0 Å². The lowest BCUT2D eigenvalue weighted by atomic mass is 10.1. The Kier molecular flexibility index (Phi) is 6.10. The lowest BCUT2D eigenvalue weighted by molar-refractivity contribution is -0.123. The molecule has 0 radical (unpaired) electrons. The molecule has 1 amide bonds. The number of halogens is 1. The predicted octanol–water partition coefficient (Wildman–Crippen LogP) is 4.22. The Bertz CT molecular complexity index is 707. The summed E-state index contributed by atoms with van der Waals surface area (Å²) in [6, 6.07) is 11.1. The first-order valence-electron chi connectivity index (χ1n) is 7.74. The van der Waals surface area contributed by atoms with Gasteiger partial charge in [0.25, 0.3) is 5.91 Å². The van der Waals surface area contributed by atoms with Gasteiger partial charge < -0.3 is 14.8 Å². The van der Waals surface area contributed by atoms with Crippen LogP contribution in [-0.2, 0) is 4.79 Å². The number of rotatable bonds is 6. The van der Waals surface area contributed by atoms with Gasteiger partial charge in [-0.1, -0.05) is 29.8 Å². The van der Waals surface area contributed by atoms with Crippen molar-refractivity contribution in [1.29, 1.82) is 0 Å². The minimum Gasteiger partial charge on any atom is -0.496 e. The van der Waals surface area contributed by atoms with Crippen molar-refractivity contribution in [3.8, 4) is 11.5 Å². The van der Waals surface area contributed by atoms with Gasteiger partial charge in [0.15, 0.2) is 6.61 Å². The fourth-order valence-electron chi connectivity index (χ4n) is 2.52. The van der Waals surface area contributed by atoms with Crippen LogP contribution in [0.3, 0.4) is 0 Å². The van der Waals surface area contributed by atoms with E-state index in [0.717, 1.165) is 27.5 Å². The van der Waals surface area contributed by atoms with Crippen molar-refractivity contribution in [3.05, 3.63) is 58.1 Å². The molecule has 5 heteroatoms. The topological polar surface area (TPSA) is 47.6 Å². The molecule has 0 bridgehead atoms. The largest absolute Gasteiger partial charge is 0.496 e. The van der Waals surface area contributed by atoms with E-state index in [0.29, 0.717) is 5.75 Å². The minimum absolute atomic E-state index is 0.0556. The Hall–Kier alpha value is -2.20. The van der Waals surface area contributed by atoms with Crippen LogP contribution in [0.5, 0.6) is 11.5 Å². The second kappa shape index (κ2) is 8.06. The Labute approximate surface area is 147 Å². The zero-order valence-corrected chi connectivity index (χ0v) is 15.1. The molecule has 0 aliphatic rings. The molecule has 1 N–H and O–H groups in total. The number of ether oxygens (including phenoxy) is 2. The molecule has 24 heavy (non-hydrogen) atoms. The highest BCUT2D eigenvalue weighted by Gasteiger charge is 2.14. The van der Waals surface area contributed by atoms with Gasteiger partial charge in [0.05, 0.1) is 13.2 Å². The molecular weight excluding hydrogens is 326 g/mol. The third kappa shape index (κ3) is 4.42. The van der Waals surface area contributed by atoms with E-state index in [4.69, 9.17) is 21.1 Å². The summed E-state index contributed by atoms with van der Waals surface area (Å²) in [4.78, 5) is 12.1. The first kappa shape index (κ1) is 18.1. The van der Waals surface area contributed by atoms with E-state index in [1.54, 1.807) is 7.11 Å². The van der Waals surface area contributed by atoms with Gasteiger partial charge in [-0.2, -0.15) is 0 Å².